The molecule has 94 valence electrons. The molecule has 17 heavy (non-hydrogen) atoms. The third-order valence-electron chi connectivity index (χ3n) is 2.33. The normalized spacial score (nSPS) is 10.6. The number of amides is 1. The number of rotatable bonds is 6. The van der Waals surface area contributed by atoms with Crippen LogP contribution in [0.1, 0.15) is 25.3 Å². The minimum Gasteiger partial charge on any atom is -0.394 e. The number of benzene rings is 1. The van der Waals surface area contributed by atoms with Crippen molar-refractivity contribution in [1.82, 2.24) is 0 Å². The van der Waals surface area contributed by atoms with Gasteiger partial charge in [-0.2, -0.15) is 0 Å². The number of aliphatic hydroxyl groups excluding tert-OH is 1. The Morgan fingerprint density at radius 2 is 2.12 bits per heavy atom. The molecule has 0 aliphatic rings. The highest BCUT2D eigenvalue weighted by molar-refractivity contribution is 5.92. The molecule has 2 N–H and O–H groups in total. The van der Waals surface area contributed by atoms with Crippen LogP contribution in [0.5, 0.6) is 0 Å². The second-order valence-corrected chi connectivity index (χ2v) is 4.07. The number of anilines is 1. The summed E-state index contributed by atoms with van der Waals surface area (Å²) < 4.78 is 4.96. The molecule has 4 nitrogen and oxygen atoms in total. The van der Waals surface area contributed by atoms with Crippen molar-refractivity contribution in [2.24, 2.45) is 0 Å². The second kappa shape index (κ2) is 7.04. The number of carbonyl (C=O) groups is 1. The van der Waals surface area contributed by atoms with Crippen molar-refractivity contribution in [3.63, 3.8) is 0 Å². The lowest BCUT2D eigenvalue weighted by Crippen LogP contribution is -2.20. The lowest BCUT2D eigenvalue weighted by molar-refractivity contribution is -0.120. The van der Waals surface area contributed by atoms with E-state index in [1.807, 2.05) is 24.3 Å². The predicted molar refractivity (Wildman–Crippen MR) is 67.1 cm³/mol. The zero-order chi connectivity index (χ0) is 12.7. The zero-order valence-corrected chi connectivity index (χ0v) is 10.3. The monoisotopic (exact) mass is 237 g/mol. The number of nitrogens with one attached hydrogen (secondary N) is 1. The third-order valence-corrected chi connectivity index (χ3v) is 2.33. The van der Waals surface area contributed by atoms with E-state index in [1.165, 1.54) is 0 Å². The van der Waals surface area contributed by atoms with Gasteiger partial charge in [0, 0.05) is 5.69 Å². The highest BCUT2D eigenvalue weighted by Gasteiger charge is 2.08. The molecule has 0 spiro atoms. The average Bonchev–Trinajstić information content (AvgIpc) is 2.29. The van der Waals surface area contributed by atoms with Gasteiger partial charge in [0.2, 0.25) is 5.91 Å². The average molecular weight is 237 g/mol. The van der Waals surface area contributed by atoms with E-state index in [1.54, 1.807) is 0 Å². The fraction of sp³-hybridized carbons (Fsp3) is 0.462. The summed E-state index contributed by atoms with van der Waals surface area (Å²) in [4.78, 5) is 11.5. The Morgan fingerprint density at radius 3 is 2.76 bits per heavy atom. The predicted octanol–water partition coefficient (Wildman–Crippen LogP) is 1.76. The smallest absolute Gasteiger partial charge is 0.250 e. The third kappa shape index (κ3) is 4.54. The Labute approximate surface area is 102 Å². The van der Waals surface area contributed by atoms with Gasteiger partial charge in [-0.1, -0.05) is 32.0 Å². The van der Waals surface area contributed by atoms with E-state index in [0.717, 1.165) is 11.3 Å². The first kappa shape index (κ1) is 13.7. The highest BCUT2D eigenvalue weighted by atomic mass is 16.5. The van der Waals surface area contributed by atoms with Crippen molar-refractivity contribution >= 4 is 11.6 Å². The van der Waals surface area contributed by atoms with Crippen LogP contribution in [0.3, 0.4) is 0 Å². The van der Waals surface area contributed by atoms with E-state index < -0.39 is 0 Å². The molecule has 0 bridgehead atoms. The molecule has 0 unspecified atom stereocenters. The molecular formula is C13H19NO3. The summed E-state index contributed by atoms with van der Waals surface area (Å²) in [6.45, 7) is 4.22. The Kier molecular flexibility index (Phi) is 5.66. The van der Waals surface area contributed by atoms with Gasteiger partial charge >= 0.3 is 0 Å². The Bertz CT molecular complexity index is 363. The fourth-order valence-electron chi connectivity index (χ4n) is 1.53. The summed E-state index contributed by atoms with van der Waals surface area (Å²) in [5.41, 5.74) is 1.92. The first-order valence-corrected chi connectivity index (χ1v) is 5.72. The maximum Gasteiger partial charge on any atom is 0.250 e. The zero-order valence-electron chi connectivity index (χ0n) is 10.3. The van der Waals surface area contributed by atoms with Crippen LogP contribution in [0.15, 0.2) is 24.3 Å². The molecule has 0 aromatic heterocycles. The van der Waals surface area contributed by atoms with Gasteiger partial charge in [0.1, 0.15) is 6.61 Å². The van der Waals surface area contributed by atoms with Gasteiger partial charge in [0.25, 0.3) is 0 Å². The molecule has 0 aliphatic heterocycles. The van der Waals surface area contributed by atoms with Crippen molar-refractivity contribution in [3.05, 3.63) is 29.8 Å². The van der Waals surface area contributed by atoms with Crippen LogP contribution in [0.2, 0.25) is 0 Å². The first-order valence-electron chi connectivity index (χ1n) is 5.72. The van der Waals surface area contributed by atoms with Crippen molar-refractivity contribution in [1.29, 1.82) is 0 Å². The Hall–Kier alpha value is -1.39. The molecule has 4 heteroatoms. The molecule has 0 atom stereocenters. The van der Waals surface area contributed by atoms with Crippen LogP contribution >= 0.6 is 0 Å². The molecule has 0 saturated carbocycles. The number of para-hydroxylation sites is 1. The maximum absolute atomic E-state index is 11.5. The number of hydrogen-bond donors (Lipinski definition) is 2. The Balaban J connectivity index is 2.58. The molecule has 0 saturated heterocycles. The van der Waals surface area contributed by atoms with Gasteiger partial charge in [0.15, 0.2) is 0 Å². The van der Waals surface area contributed by atoms with E-state index in [9.17, 15) is 4.79 Å². The molecule has 1 aromatic rings. The molecule has 1 amide bonds. The number of ether oxygens (including phenoxy) is 1. The lowest BCUT2D eigenvalue weighted by atomic mass is 10.0. The van der Waals surface area contributed by atoms with E-state index in [0.29, 0.717) is 5.92 Å². The molecule has 1 rings (SSSR count). The summed E-state index contributed by atoms with van der Waals surface area (Å²) in [5.74, 6) is 0.149. The van der Waals surface area contributed by atoms with Gasteiger partial charge < -0.3 is 15.2 Å². The molecular weight excluding hydrogens is 218 g/mol. The van der Waals surface area contributed by atoms with E-state index >= 15 is 0 Å². The van der Waals surface area contributed by atoms with Crippen molar-refractivity contribution in [3.8, 4) is 0 Å². The molecule has 1 aromatic carbocycles. The van der Waals surface area contributed by atoms with Crippen LogP contribution in [0.25, 0.3) is 0 Å². The number of carbonyl (C=O) groups excluding carboxylic acids is 1. The summed E-state index contributed by atoms with van der Waals surface area (Å²) in [6.07, 6.45) is 0. The summed E-state index contributed by atoms with van der Waals surface area (Å²) in [5, 5.41) is 11.3. The molecule has 0 fully saturated rings. The van der Waals surface area contributed by atoms with Crippen LogP contribution < -0.4 is 5.32 Å². The van der Waals surface area contributed by atoms with E-state index in [-0.39, 0.29) is 25.7 Å². The van der Waals surface area contributed by atoms with Gasteiger partial charge in [-0.25, -0.2) is 0 Å². The topological polar surface area (TPSA) is 58.6 Å². The minimum atomic E-state index is -0.202. The number of aliphatic hydroxyl groups is 1. The minimum absolute atomic E-state index is 0.0347. The van der Waals surface area contributed by atoms with Crippen LogP contribution in [-0.4, -0.2) is 30.8 Å². The largest absolute Gasteiger partial charge is 0.394 e. The van der Waals surface area contributed by atoms with Crippen LogP contribution in [0.4, 0.5) is 5.69 Å². The van der Waals surface area contributed by atoms with Gasteiger partial charge in [-0.05, 0) is 17.5 Å². The molecule has 0 heterocycles. The Morgan fingerprint density at radius 1 is 1.41 bits per heavy atom. The first-order chi connectivity index (χ1) is 8.15. The lowest BCUT2D eigenvalue weighted by Gasteiger charge is -2.13. The van der Waals surface area contributed by atoms with Crippen molar-refractivity contribution in [2.45, 2.75) is 19.8 Å². The highest BCUT2D eigenvalue weighted by Crippen LogP contribution is 2.23. The summed E-state index contributed by atoms with van der Waals surface area (Å²) in [6, 6.07) is 7.71. The molecule has 0 radical (unpaired) electrons. The van der Waals surface area contributed by atoms with Gasteiger partial charge in [-0.3, -0.25) is 4.79 Å². The quantitative estimate of drug-likeness (QED) is 0.741. The second-order valence-electron chi connectivity index (χ2n) is 4.07. The van der Waals surface area contributed by atoms with Gasteiger partial charge in [0.05, 0.1) is 13.2 Å². The van der Waals surface area contributed by atoms with E-state index in [2.05, 4.69) is 19.2 Å². The summed E-state index contributed by atoms with van der Waals surface area (Å²) >= 11 is 0. The van der Waals surface area contributed by atoms with Crippen molar-refractivity contribution < 1.29 is 14.6 Å². The fourth-order valence-corrected chi connectivity index (χ4v) is 1.53. The maximum atomic E-state index is 11.5. The van der Waals surface area contributed by atoms with E-state index in [4.69, 9.17) is 9.84 Å². The molecule has 0 aliphatic carbocycles. The summed E-state index contributed by atoms with van der Waals surface area (Å²) in [7, 11) is 0. The SMILES string of the molecule is CC(C)c1ccccc1NC(=O)COCCO. The van der Waals surface area contributed by atoms with Crippen molar-refractivity contribution in [2.75, 3.05) is 25.1 Å². The number of hydrogen-bond acceptors (Lipinski definition) is 3. The standard InChI is InChI=1S/C13H19NO3/c1-10(2)11-5-3-4-6-12(11)14-13(16)9-17-8-7-15/h3-6,10,15H,7-9H2,1-2H3,(H,14,16). The van der Waals surface area contributed by atoms with Crippen LogP contribution in [0, 0.1) is 0 Å². The van der Waals surface area contributed by atoms with Crippen LogP contribution in [-0.2, 0) is 9.53 Å². The van der Waals surface area contributed by atoms with Gasteiger partial charge in [-0.15, -0.1) is 0 Å².